The number of hydrogen-bond donors (Lipinski definition) is 0. The molecule has 0 bridgehead atoms. The molecule has 0 fully saturated rings. The fourth-order valence-electron chi connectivity index (χ4n) is 2.39. The van der Waals surface area contributed by atoms with Crippen LogP contribution in [0.25, 0.3) is 0 Å². The van der Waals surface area contributed by atoms with Gasteiger partial charge in [-0.15, -0.1) is 23.2 Å². The molecule has 27 heavy (non-hydrogen) atoms. The molecule has 0 N–H and O–H groups in total. The normalized spacial score (nSPS) is 15.3. The van der Waals surface area contributed by atoms with Crippen molar-refractivity contribution in [2.75, 3.05) is 11.0 Å². The van der Waals surface area contributed by atoms with Crippen molar-refractivity contribution >= 4 is 74.1 Å². The molecule has 0 spiro atoms. The monoisotopic (exact) mass is 526 g/mol. The van der Waals surface area contributed by atoms with E-state index in [0.717, 1.165) is 0 Å². The van der Waals surface area contributed by atoms with Crippen LogP contribution in [0.15, 0.2) is 0 Å². The average Bonchev–Trinajstić information content (AvgIpc) is 2.29. The Morgan fingerprint density at radius 1 is 0.407 bits per heavy atom. The van der Waals surface area contributed by atoms with Crippen molar-refractivity contribution in [3.8, 4) is 0 Å². The van der Waals surface area contributed by atoms with Crippen LogP contribution in [0.5, 0.6) is 0 Å². The lowest BCUT2D eigenvalue weighted by Crippen LogP contribution is -2.69. The third-order valence-corrected chi connectivity index (χ3v) is 22.4. The van der Waals surface area contributed by atoms with Gasteiger partial charge in [0.1, 0.15) is 0 Å². The largest absolute Gasteiger partial charge is 0.488 e. The molecule has 0 amide bonds. The maximum atomic E-state index is 6.69. The smallest absolute Gasteiger partial charge is 0.416 e. The summed E-state index contributed by atoms with van der Waals surface area (Å²) in [6, 6.07) is 0. The van der Waals surface area contributed by atoms with Gasteiger partial charge in [0, 0.05) is 0 Å². The van der Waals surface area contributed by atoms with Crippen LogP contribution in [0.3, 0.4) is 0 Å². The maximum absolute atomic E-state index is 6.69. The summed E-state index contributed by atoms with van der Waals surface area (Å²) in [5.41, 5.74) is 0.328. The van der Waals surface area contributed by atoms with E-state index in [0.29, 0.717) is 0 Å². The molecule has 0 aliphatic carbocycles. The number of rotatable bonds is 12. The molecule has 0 heterocycles. The lowest BCUT2D eigenvalue weighted by Gasteiger charge is -2.45. The summed E-state index contributed by atoms with van der Waals surface area (Å²) in [6.07, 6.45) is 0. The topological polar surface area (TPSA) is 46.2 Å². The van der Waals surface area contributed by atoms with Crippen LogP contribution in [0, 0.1) is 0 Å². The summed E-state index contributed by atoms with van der Waals surface area (Å²) in [5, 5.41) is 0. The van der Waals surface area contributed by atoms with Crippen molar-refractivity contribution in [2.45, 2.75) is 78.6 Å². The van der Waals surface area contributed by atoms with Gasteiger partial charge in [-0.3, -0.25) is 0 Å². The minimum Gasteiger partial charge on any atom is -0.416 e. The van der Waals surface area contributed by atoms with Crippen molar-refractivity contribution in [3.63, 3.8) is 0 Å². The Labute approximate surface area is 183 Å². The Kier molecular flexibility index (Phi) is 10.5. The maximum Gasteiger partial charge on any atom is 0.488 e. The fraction of sp³-hybridized carbons (Fsp3) is 1.00. The van der Waals surface area contributed by atoms with Crippen molar-refractivity contribution in [3.05, 3.63) is 0 Å². The van der Waals surface area contributed by atoms with Gasteiger partial charge in [-0.1, -0.05) is 0 Å². The highest BCUT2D eigenvalue weighted by molar-refractivity contribution is 6.95. The first kappa shape index (κ1) is 28.7. The Morgan fingerprint density at radius 3 is 0.704 bits per heavy atom. The summed E-state index contributed by atoms with van der Waals surface area (Å²) >= 11 is 12.9. The lowest BCUT2D eigenvalue weighted by atomic mass is 11.8. The molecule has 5 nitrogen and oxygen atoms in total. The highest BCUT2D eigenvalue weighted by Gasteiger charge is 2.58. The van der Waals surface area contributed by atoms with Gasteiger partial charge >= 0.3 is 17.6 Å². The van der Waals surface area contributed by atoms with E-state index in [2.05, 4.69) is 78.6 Å². The van der Waals surface area contributed by atoms with Crippen LogP contribution in [-0.4, -0.2) is 61.9 Å². The minimum absolute atomic E-state index is 0.164. The molecule has 0 aromatic rings. The predicted molar refractivity (Wildman–Crippen MR) is 132 cm³/mol. The second-order valence-corrected chi connectivity index (χ2v) is 36.4. The van der Waals surface area contributed by atoms with Gasteiger partial charge in [0.25, 0.3) is 0 Å². The van der Waals surface area contributed by atoms with E-state index < -0.39 is 50.9 Å². The van der Waals surface area contributed by atoms with E-state index in [1.165, 1.54) is 0 Å². The zero-order valence-corrected chi connectivity index (χ0v) is 26.7. The number of hydrogen-bond acceptors (Lipinski definition) is 5. The molecular formula is C14H40Cl2O5Si6. The minimum atomic E-state index is -3.24. The first-order chi connectivity index (χ1) is 11.7. The molecule has 0 saturated carbocycles. The third-order valence-electron chi connectivity index (χ3n) is 2.49. The van der Waals surface area contributed by atoms with Crippen molar-refractivity contribution in [1.29, 1.82) is 0 Å². The number of alkyl halides is 2. The van der Waals surface area contributed by atoms with Crippen LogP contribution in [0.2, 0.25) is 78.6 Å². The molecule has 0 aromatic carbocycles. The van der Waals surface area contributed by atoms with Crippen LogP contribution in [-0.2, 0) is 20.6 Å². The Morgan fingerprint density at radius 2 is 0.593 bits per heavy atom. The SMILES string of the molecule is C[Si](C)(C)O[Si](CCl)(O[Si](C)(C)C)O[Si](CCl)(O[Si](C)(C)C)O[Si](C)(C)C. The number of halogens is 2. The standard InChI is InChI=1S/C14H40Cl2O5Si6/c1-22(2,3)17-26(13-15,18-23(4,5)6)21-27(14-16,19-24(7,8)9)20-25(10,11)12/h13-14H2,1-12H3. The van der Waals surface area contributed by atoms with Gasteiger partial charge in [0.15, 0.2) is 33.3 Å². The van der Waals surface area contributed by atoms with Gasteiger partial charge in [-0.05, 0) is 78.6 Å². The molecule has 164 valence electrons. The lowest BCUT2D eigenvalue weighted by molar-refractivity contribution is 0.183. The molecule has 0 atom stereocenters. The Bertz CT molecular complexity index is 397. The first-order valence-electron chi connectivity index (χ1n) is 9.28. The third kappa shape index (κ3) is 12.9. The van der Waals surface area contributed by atoms with Gasteiger partial charge < -0.3 is 20.6 Å². The van der Waals surface area contributed by atoms with E-state index in [-0.39, 0.29) is 11.0 Å². The summed E-state index contributed by atoms with van der Waals surface area (Å²) < 4.78 is 32.8. The van der Waals surface area contributed by atoms with Gasteiger partial charge in [0.05, 0.1) is 11.0 Å². The van der Waals surface area contributed by atoms with Crippen molar-refractivity contribution < 1.29 is 20.6 Å². The summed E-state index contributed by atoms with van der Waals surface area (Å²) in [6.45, 7) is 25.3. The Hall–Kier alpha value is 1.68. The average molecular weight is 528 g/mol. The molecule has 0 saturated heterocycles. The van der Waals surface area contributed by atoms with Crippen LogP contribution < -0.4 is 0 Å². The van der Waals surface area contributed by atoms with Crippen LogP contribution in [0.4, 0.5) is 0 Å². The molecule has 0 unspecified atom stereocenters. The molecule has 0 rings (SSSR count). The van der Waals surface area contributed by atoms with E-state index in [4.69, 9.17) is 43.8 Å². The quantitative estimate of drug-likeness (QED) is 0.236. The fourth-order valence-corrected chi connectivity index (χ4v) is 26.7. The van der Waals surface area contributed by atoms with Crippen LogP contribution >= 0.6 is 23.2 Å². The Balaban J connectivity index is 6.22. The molecule has 0 aliphatic heterocycles. The van der Waals surface area contributed by atoms with Crippen molar-refractivity contribution in [1.82, 2.24) is 0 Å². The highest BCUT2D eigenvalue weighted by atomic mass is 35.5. The summed E-state index contributed by atoms with van der Waals surface area (Å²) in [5.74, 6) is 0. The van der Waals surface area contributed by atoms with Gasteiger partial charge in [-0.2, -0.15) is 0 Å². The molecule has 0 aromatic heterocycles. The van der Waals surface area contributed by atoms with Crippen molar-refractivity contribution in [2.24, 2.45) is 0 Å². The molecule has 0 radical (unpaired) electrons. The van der Waals surface area contributed by atoms with E-state index >= 15 is 0 Å². The van der Waals surface area contributed by atoms with Crippen LogP contribution in [0.1, 0.15) is 0 Å². The highest BCUT2D eigenvalue weighted by Crippen LogP contribution is 2.31. The zero-order valence-electron chi connectivity index (χ0n) is 19.2. The molecular weight excluding hydrogens is 488 g/mol. The first-order valence-corrected chi connectivity index (χ1v) is 27.8. The van der Waals surface area contributed by atoms with E-state index in [1.54, 1.807) is 0 Å². The predicted octanol–water partition coefficient (Wildman–Crippen LogP) is 5.84. The zero-order chi connectivity index (χ0) is 21.9. The summed E-state index contributed by atoms with van der Waals surface area (Å²) in [7, 11) is -14.5. The second kappa shape index (κ2) is 9.87. The second-order valence-electron chi connectivity index (χ2n) is 10.6. The van der Waals surface area contributed by atoms with Gasteiger partial charge in [0.2, 0.25) is 0 Å². The van der Waals surface area contributed by atoms with E-state index in [9.17, 15) is 0 Å². The molecule has 13 heteroatoms. The molecule has 0 aliphatic rings. The summed E-state index contributed by atoms with van der Waals surface area (Å²) in [4.78, 5) is 0. The van der Waals surface area contributed by atoms with E-state index in [1.807, 2.05) is 0 Å². The van der Waals surface area contributed by atoms with Gasteiger partial charge in [-0.25, -0.2) is 0 Å².